The van der Waals surface area contributed by atoms with E-state index < -0.39 is 0 Å². The van der Waals surface area contributed by atoms with Crippen molar-refractivity contribution in [3.63, 3.8) is 0 Å². The average molecular weight is 353 g/mol. The number of tetrazole rings is 1. The normalized spacial score (nSPS) is 11.5. The summed E-state index contributed by atoms with van der Waals surface area (Å²) in [4.78, 5) is 12.6. The lowest BCUT2D eigenvalue weighted by Gasteiger charge is -2.08. The van der Waals surface area contributed by atoms with E-state index in [2.05, 4.69) is 20.6 Å². The lowest BCUT2D eigenvalue weighted by Crippen LogP contribution is -2.08. The summed E-state index contributed by atoms with van der Waals surface area (Å²) in [6.07, 6.45) is 3.84. The van der Waals surface area contributed by atoms with Crippen molar-refractivity contribution in [2.75, 3.05) is 7.11 Å². The number of carbonyl (C=O) groups is 1. The van der Waals surface area contributed by atoms with E-state index in [1.165, 1.54) is 0 Å². The van der Waals surface area contributed by atoms with E-state index in [0.717, 1.165) is 29.4 Å². The fourth-order valence-corrected chi connectivity index (χ4v) is 2.56. The Kier molecular flexibility index (Phi) is 5.12. The smallest absolute Gasteiger partial charge is 0.239 e. The lowest BCUT2D eigenvalue weighted by molar-refractivity contribution is 0.103. The first-order valence-electron chi connectivity index (χ1n) is 8.11. The van der Waals surface area contributed by atoms with Crippen LogP contribution in [0.3, 0.4) is 0 Å². The number of aliphatic hydroxyl groups excluding tert-OH is 1. The molecule has 2 N–H and O–H groups in total. The number of benzene rings is 1. The van der Waals surface area contributed by atoms with Crippen molar-refractivity contribution in [3.8, 4) is 5.75 Å². The number of rotatable bonds is 7. The molecule has 0 aliphatic carbocycles. The molecule has 8 heteroatoms. The number of aliphatic hydroxyl groups is 1. The van der Waals surface area contributed by atoms with Crippen LogP contribution in [0.5, 0.6) is 5.75 Å². The number of ether oxygens (including phenoxy) is 1. The summed E-state index contributed by atoms with van der Waals surface area (Å²) in [5.41, 5.74) is 2.55. The van der Waals surface area contributed by atoms with Gasteiger partial charge < -0.3 is 14.4 Å². The van der Waals surface area contributed by atoms with Crippen LogP contribution < -0.4 is 4.74 Å². The van der Waals surface area contributed by atoms with Crippen LogP contribution in [0.1, 0.15) is 34.4 Å². The molecular weight excluding hydrogens is 334 g/mol. The number of carbonyl (C=O) groups excluding carboxylic acids is 1. The Bertz CT molecular complexity index is 911. The van der Waals surface area contributed by atoms with E-state index in [0.29, 0.717) is 12.2 Å². The molecule has 2 aromatic heterocycles. The highest BCUT2D eigenvalue weighted by Gasteiger charge is 2.15. The fraction of sp³-hybridized carbons (Fsp3) is 0.222. The Hall–Kier alpha value is -3.42. The first-order valence-corrected chi connectivity index (χ1v) is 8.11. The number of aryl methyl sites for hydroxylation is 1. The van der Waals surface area contributed by atoms with Crippen LogP contribution in [0.25, 0.3) is 5.76 Å². The molecule has 0 atom stereocenters. The van der Waals surface area contributed by atoms with Crippen molar-refractivity contribution >= 4 is 11.5 Å². The first kappa shape index (κ1) is 17.4. The maximum atomic E-state index is 12.6. The molecular formula is C18H19N5O3. The molecule has 0 bridgehead atoms. The predicted molar refractivity (Wildman–Crippen MR) is 95.0 cm³/mol. The van der Waals surface area contributed by atoms with Crippen molar-refractivity contribution in [1.82, 2.24) is 25.2 Å². The highest BCUT2D eigenvalue weighted by molar-refractivity contribution is 6.06. The van der Waals surface area contributed by atoms with Crippen LogP contribution in [0, 0.1) is 0 Å². The van der Waals surface area contributed by atoms with Crippen LogP contribution in [0.15, 0.2) is 42.6 Å². The maximum absolute atomic E-state index is 12.6. The highest BCUT2D eigenvalue weighted by atomic mass is 16.5. The Morgan fingerprint density at radius 1 is 1.31 bits per heavy atom. The van der Waals surface area contributed by atoms with Gasteiger partial charge in [0.1, 0.15) is 5.75 Å². The number of hydrogen-bond acceptors (Lipinski definition) is 6. The Morgan fingerprint density at radius 2 is 2.08 bits per heavy atom. The van der Waals surface area contributed by atoms with Gasteiger partial charge in [0.15, 0.2) is 5.76 Å². The van der Waals surface area contributed by atoms with Crippen LogP contribution in [-0.4, -0.2) is 43.2 Å². The van der Waals surface area contributed by atoms with E-state index in [1.54, 1.807) is 7.11 Å². The third kappa shape index (κ3) is 3.80. The number of methoxy groups -OCH3 is 1. The summed E-state index contributed by atoms with van der Waals surface area (Å²) in [5.74, 6) is 0.0848. The molecule has 26 heavy (non-hydrogen) atoms. The molecule has 1 aromatic carbocycles. The Morgan fingerprint density at radius 3 is 2.69 bits per heavy atom. The molecule has 0 radical (unpaired) electrons. The summed E-state index contributed by atoms with van der Waals surface area (Å²) in [6, 6.07) is 9.48. The van der Waals surface area contributed by atoms with Crippen molar-refractivity contribution < 1.29 is 14.6 Å². The number of allylic oxidation sites excluding steroid dienone is 1. The molecule has 8 nitrogen and oxygen atoms in total. The molecule has 2 heterocycles. The van der Waals surface area contributed by atoms with Crippen LogP contribution in [-0.2, 0) is 13.0 Å². The van der Waals surface area contributed by atoms with Gasteiger partial charge in [0.2, 0.25) is 11.6 Å². The number of H-pyrrole nitrogens is 1. The molecule has 0 unspecified atom stereocenters. The molecule has 0 fully saturated rings. The number of nitrogens with zero attached hydrogens (tertiary/aromatic N) is 4. The molecule has 134 valence electrons. The van der Waals surface area contributed by atoms with Gasteiger partial charge in [-0.2, -0.15) is 5.21 Å². The second kappa shape index (κ2) is 7.64. The van der Waals surface area contributed by atoms with Crippen LogP contribution in [0.4, 0.5) is 0 Å². The minimum atomic E-state index is -0.334. The third-order valence-electron chi connectivity index (χ3n) is 3.97. The fourth-order valence-electron chi connectivity index (χ4n) is 2.56. The number of ketones is 1. The second-order valence-electron chi connectivity index (χ2n) is 5.69. The molecule has 0 aliphatic heterocycles. The van der Waals surface area contributed by atoms with Crippen LogP contribution >= 0.6 is 0 Å². The Balaban J connectivity index is 1.87. The average Bonchev–Trinajstić information content (AvgIpc) is 3.32. The third-order valence-corrected chi connectivity index (χ3v) is 3.97. The van der Waals surface area contributed by atoms with Crippen molar-refractivity contribution in [1.29, 1.82) is 0 Å². The minimum absolute atomic E-state index is 0.0256. The van der Waals surface area contributed by atoms with E-state index in [-0.39, 0.29) is 17.4 Å². The maximum Gasteiger partial charge on any atom is 0.239 e. The summed E-state index contributed by atoms with van der Waals surface area (Å²) >= 11 is 0. The topological polar surface area (TPSA) is 106 Å². The quantitative estimate of drug-likeness (QED) is 0.384. The molecule has 0 aliphatic rings. The van der Waals surface area contributed by atoms with Gasteiger partial charge >= 0.3 is 0 Å². The monoisotopic (exact) mass is 353 g/mol. The van der Waals surface area contributed by atoms with Gasteiger partial charge in [-0.05, 0) is 41.0 Å². The summed E-state index contributed by atoms with van der Waals surface area (Å²) in [6.45, 7) is 2.55. The van der Waals surface area contributed by atoms with E-state index in [1.807, 2.05) is 48.0 Å². The zero-order chi connectivity index (χ0) is 18.5. The number of aromatic nitrogens is 5. The largest absolute Gasteiger partial charge is 0.504 e. The van der Waals surface area contributed by atoms with E-state index in [4.69, 9.17) is 4.74 Å². The predicted octanol–water partition coefficient (Wildman–Crippen LogP) is 2.40. The van der Waals surface area contributed by atoms with Crippen LogP contribution in [0.2, 0.25) is 0 Å². The molecule has 3 rings (SSSR count). The van der Waals surface area contributed by atoms with Crippen molar-refractivity contribution in [2.24, 2.45) is 0 Å². The summed E-state index contributed by atoms with van der Waals surface area (Å²) < 4.78 is 7.03. The number of nitrogens with one attached hydrogen (secondary N) is 1. The summed E-state index contributed by atoms with van der Waals surface area (Å²) in [5, 5.41) is 22.9. The van der Waals surface area contributed by atoms with Gasteiger partial charge in [0.05, 0.1) is 12.8 Å². The van der Waals surface area contributed by atoms with Gasteiger partial charge in [0.25, 0.3) is 0 Å². The molecule has 0 saturated heterocycles. The van der Waals surface area contributed by atoms with Crippen molar-refractivity contribution in [3.05, 3.63) is 65.2 Å². The highest BCUT2D eigenvalue weighted by Crippen LogP contribution is 2.17. The van der Waals surface area contributed by atoms with E-state index >= 15 is 0 Å². The molecule has 3 aromatic rings. The van der Waals surface area contributed by atoms with Crippen molar-refractivity contribution in [2.45, 2.75) is 19.9 Å². The number of aromatic amines is 1. The van der Waals surface area contributed by atoms with Gasteiger partial charge in [-0.1, -0.05) is 19.1 Å². The Labute approximate surface area is 150 Å². The van der Waals surface area contributed by atoms with Gasteiger partial charge in [-0.3, -0.25) is 4.79 Å². The number of hydrogen-bond donors (Lipinski definition) is 2. The second-order valence-corrected chi connectivity index (χ2v) is 5.69. The molecule has 0 amide bonds. The summed E-state index contributed by atoms with van der Waals surface area (Å²) in [7, 11) is 1.62. The first-order chi connectivity index (χ1) is 12.6. The zero-order valence-corrected chi connectivity index (χ0v) is 14.5. The van der Waals surface area contributed by atoms with Gasteiger partial charge in [-0.25, -0.2) is 0 Å². The SMILES string of the molecule is CCc1cc(C(=O)C=C(O)c2nn[nH]n2)n(Cc2ccc(OC)cc2)c1. The standard InChI is InChI=1S/C18H19N5O3/c1-3-12-8-15(16(24)9-17(25)18-19-21-22-20-18)23(10-12)11-13-4-6-14(26-2)7-5-13/h4-10,25H,3,11H2,1-2H3,(H,19,20,21,22). The van der Waals surface area contributed by atoms with E-state index in [9.17, 15) is 9.90 Å². The zero-order valence-electron chi connectivity index (χ0n) is 14.5. The van der Waals surface area contributed by atoms with Gasteiger partial charge in [-0.15, -0.1) is 10.2 Å². The minimum Gasteiger partial charge on any atom is -0.504 e. The lowest BCUT2D eigenvalue weighted by atomic mass is 10.2. The van der Waals surface area contributed by atoms with Gasteiger partial charge in [0, 0.05) is 18.8 Å². The molecule has 0 spiro atoms. The molecule has 0 saturated carbocycles.